The van der Waals surface area contributed by atoms with Crippen molar-refractivity contribution >= 4 is 11.6 Å². The van der Waals surface area contributed by atoms with Crippen LogP contribution in [-0.2, 0) is 4.74 Å². The first kappa shape index (κ1) is 15.2. The van der Waals surface area contributed by atoms with Gasteiger partial charge in [0.15, 0.2) is 0 Å². The van der Waals surface area contributed by atoms with Gasteiger partial charge in [-0.25, -0.2) is 0 Å². The lowest BCUT2D eigenvalue weighted by Gasteiger charge is -2.35. The number of rotatable bonds is 8. The molecule has 1 N–H and O–H groups in total. The van der Waals surface area contributed by atoms with Gasteiger partial charge in [0.2, 0.25) is 0 Å². The highest BCUT2D eigenvalue weighted by molar-refractivity contribution is 6.17. The molecule has 1 heterocycles. The molecule has 0 aromatic heterocycles. The zero-order valence-corrected chi connectivity index (χ0v) is 11.7. The Morgan fingerprint density at radius 2 is 1.82 bits per heavy atom. The van der Waals surface area contributed by atoms with Crippen molar-refractivity contribution in [1.29, 1.82) is 0 Å². The average Bonchev–Trinajstić information content (AvgIpc) is 2.29. The molecule has 1 aliphatic heterocycles. The second-order valence-electron chi connectivity index (χ2n) is 5.18. The molecular formula is C13H26ClNO2. The third-order valence-corrected chi connectivity index (χ3v) is 3.68. The van der Waals surface area contributed by atoms with E-state index in [4.69, 9.17) is 16.3 Å². The summed E-state index contributed by atoms with van der Waals surface area (Å²) < 4.78 is 5.28. The number of hydrogen-bond donors (Lipinski definition) is 1. The first-order chi connectivity index (χ1) is 8.16. The molecule has 0 aromatic carbocycles. The molecule has 0 amide bonds. The number of halogens is 1. The standard InChI is InChI=1S/C13H26ClNO2/c1-15(9-5-3-2-4-8-14)12-13(16)6-10-17-11-7-13/h16H,2-12H2,1H3. The lowest BCUT2D eigenvalue weighted by atomic mass is 9.94. The number of likely N-dealkylation sites (N-methyl/N-ethyl adjacent to an activating group) is 1. The normalized spacial score (nSPS) is 19.8. The summed E-state index contributed by atoms with van der Waals surface area (Å²) >= 11 is 5.63. The van der Waals surface area contributed by atoms with Gasteiger partial charge in [0.1, 0.15) is 0 Å². The van der Waals surface area contributed by atoms with E-state index in [2.05, 4.69) is 11.9 Å². The van der Waals surface area contributed by atoms with Gasteiger partial charge >= 0.3 is 0 Å². The Morgan fingerprint density at radius 1 is 1.18 bits per heavy atom. The van der Waals surface area contributed by atoms with Crippen LogP contribution in [-0.4, -0.2) is 54.8 Å². The topological polar surface area (TPSA) is 32.7 Å². The summed E-state index contributed by atoms with van der Waals surface area (Å²) in [6, 6.07) is 0. The predicted octanol–water partition coefficient (Wildman–Crippen LogP) is 2.26. The van der Waals surface area contributed by atoms with Crippen molar-refractivity contribution < 1.29 is 9.84 Å². The van der Waals surface area contributed by atoms with Gasteiger partial charge in [-0.2, -0.15) is 0 Å². The number of nitrogens with zero attached hydrogens (tertiary/aromatic N) is 1. The van der Waals surface area contributed by atoms with Gasteiger partial charge in [0, 0.05) is 38.5 Å². The molecule has 1 rings (SSSR count). The third-order valence-electron chi connectivity index (χ3n) is 3.41. The second-order valence-corrected chi connectivity index (χ2v) is 5.56. The van der Waals surface area contributed by atoms with E-state index in [-0.39, 0.29) is 0 Å². The fourth-order valence-corrected chi connectivity index (χ4v) is 2.51. The molecule has 102 valence electrons. The molecule has 3 nitrogen and oxygen atoms in total. The van der Waals surface area contributed by atoms with Gasteiger partial charge in [-0.3, -0.25) is 0 Å². The molecule has 0 atom stereocenters. The molecule has 4 heteroatoms. The summed E-state index contributed by atoms with van der Waals surface area (Å²) in [4.78, 5) is 2.24. The van der Waals surface area contributed by atoms with E-state index in [9.17, 15) is 5.11 Å². The van der Waals surface area contributed by atoms with Crippen LogP contribution in [0.5, 0.6) is 0 Å². The van der Waals surface area contributed by atoms with E-state index < -0.39 is 5.60 Å². The van der Waals surface area contributed by atoms with Gasteiger partial charge in [-0.05, 0) is 26.4 Å². The van der Waals surface area contributed by atoms with E-state index in [1.54, 1.807) is 0 Å². The zero-order valence-electron chi connectivity index (χ0n) is 11.0. The van der Waals surface area contributed by atoms with Crippen molar-refractivity contribution in [2.45, 2.75) is 44.1 Å². The lowest BCUT2D eigenvalue weighted by molar-refractivity contribution is -0.0769. The largest absolute Gasteiger partial charge is 0.388 e. The SMILES string of the molecule is CN(CCCCCCCl)CC1(O)CCOCC1. The van der Waals surface area contributed by atoms with Crippen molar-refractivity contribution in [3.8, 4) is 0 Å². The van der Waals surface area contributed by atoms with Gasteiger partial charge in [0.05, 0.1) is 5.60 Å². The van der Waals surface area contributed by atoms with Gasteiger partial charge in [-0.15, -0.1) is 11.6 Å². The van der Waals surface area contributed by atoms with Gasteiger partial charge in [-0.1, -0.05) is 12.8 Å². The molecule has 1 saturated heterocycles. The van der Waals surface area contributed by atoms with Crippen molar-refractivity contribution in [2.75, 3.05) is 39.2 Å². The molecule has 0 saturated carbocycles. The third kappa shape index (κ3) is 6.61. The monoisotopic (exact) mass is 263 g/mol. The zero-order chi connectivity index (χ0) is 12.6. The van der Waals surface area contributed by atoms with Crippen LogP contribution in [0.15, 0.2) is 0 Å². The maximum Gasteiger partial charge on any atom is 0.0817 e. The van der Waals surface area contributed by atoms with Crippen LogP contribution in [0.4, 0.5) is 0 Å². The van der Waals surface area contributed by atoms with Crippen LogP contribution >= 0.6 is 11.6 Å². The maximum atomic E-state index is 10.3. The number of aliphatic hydroxyl groups is 1. The molecule has 17 heavy (non-hydrogen) atoms. The van der Waals surface area contributed by atoms with Crippen LogP contribution in [0, 0.1) is 0 Å². The highest BCUT2D eigenvalue weighted by Crippen LogP contribution is 2.21. The number of ether oxygens (including phenoxy) is 1. The van der Waals surface area contributed by atoms with Gasteiger partial charge in [0.25, 0.3) is 0 Å². The Morgan fingerprint density at radius 3 is 2.47 bits per heavy atom. The van der Waals surface area contributed by atoms with Crippen molar-refractivity contribution in [3.05, 3.63) is 0 Å². The molecule has 0 aliphatic carbocycles. The van der Waals surface area contributed by atoms with Crippen molar-refractivity contribution in [2.24, 2.45) is 0 Å². The minimum absolute atomic E-state index is 0.525. The fraction of sp³-hybridized carbons (Fsp3) is 1.00. The maximum absolute atomic E-state index is 10.3. The molecule has 1 fully saturated rings. The quantitative estimate of drug-likeness (QED) is 0.539. The smallest absolute Gasteiger partial charge is 0.0817 e. The molecule has 0 bridgehead atoms. The Labute approximate surface area is 110 Å². The first-order valence-corrected chi connectivity index (χ1v) is 7.24. The van der Waals surface area contributed by atoms with E-state index in [1.807, 2.05) is 0 Å². The average molecular weight is 264 g/mol. The minimum atomic E-state index is -0.525. The Balaban J connectivity index is 2.08. The van der Waals surface area contributed by atoms with E-state index in [1.165, 1.54) is 19.3 Å². The number of alkyl halides is 1. The predicted molar refractivity (Wildman–Crippen MR) is 71.7 cm³/mol. The Hall–Kier alpha value is 0.170. The highest BCUT2D eigenvalue weighted by Gasteiger charge is 2.30. The fourth-order valence-electron chi connectivity index (χ4n) is 2.32. The van der Waals surface area contributed by atoms with Crippen LogP contribution < -0.4 is 0 Å². The molecule has 0 aromatic rings. The lowest BCUT2D eigenvalue weighted by Crippen LogP contribution is -2.45. The van der Waals surface area contributed by atoms with Crippen LogP contribution in [0.2, 0.25) is 0 Å². The Bertz CT molecular complexity index is 196. The summed E-state index contributed by atoms with van der Waals surface area (Å²) in [5.41, 5.74) is -0.525. The van der Waals surface area contributed by atoms with Crippen LogP contribution in [0.25, 0.3) is 0 Å². The Kier molecular flexibility index (Phi) is 7.44. The molecule has 0 unspecified atom stereocenters. The summed E-state index contributed by atoms with van der Waals surface area (Å²) in [6.45, 7) is 3.22. The highest BCUT2D eigenvalue weighted by atomic mass is 35.5. The van der Waals surface area contributed by atoms with Crippen molar-refractivity contribution in [1.82, 2.24) is 4.90 Å². The first-order valence-electron chi connectivity index (χ1n) is 6.71. The van der Waals surface area contributed by atoms with Gasteiger partial charge < -0.3 is 14.7 Å². The molecule has 0 radical (unpaired) electrons. The molecule has 1 aliphatic rings. The molecule has 0 spiro atoms. The molecular weight excluding hydrogens is 238 g/mol. The van der Waals surface area contributed by atoms with E-state index in [0.717, 1.165) is 38.2 Å². The van der Waals surface area contributed by atoms with Crippen LogP contribution in [0.1, 0.15) is 38.5 Å². The summed E-state index contributed by atoms with van der Waals surface area (Å²) in [7, 11) is 2.09. The van der Waals surface area contributed by atoms with E-state index in [0.29, 0.717) is 13.2 Å². The minimum Gasteiger partial charge on any atom is -0.388 e. The van der Waals surface area contributed by atoms with Crippen LogP contribution in [0.3, 0.4) is 0 Å². The van der Waals surface area contributed by atoms with E-state index >= 15 is 0 Å². The summed E-state index contributed by atoms with van der Waals surface area (Å²) in [5.74, 6) is 0.773. The number of unbranched alkanes of at least 4 members (excludes halogenated alkanes) is 3. The second kappa shape index (κ2) is 8.30. The van der Waals surface area contributed by atoms with Crippen molar-refractivity contribution in [3.63, 3.8) is 0 Å². The summed E-state index contributed by atoms with van der Waals surface area (Å²) in [6.07, 6.45) is 6.30. The number of hydrogen-bond acceptors (Lipinski definition) is 3. The summed E-state index contributed by atoms with van der Waals surface area (Å²) in [5, 5.41) is 10.3.